The number of carbonyl (C=O) groups is 1. The van der Waals surface area contributed by atoms with Gasteiger partial charge >= 0.3 is 0 Å². The molecule has 20 heavy (non-hydrogen) atoms. The van der Waals surface area contributed by atoms with E-state index in [0.29, 0.717) is 22.8 Å². The monoisotopic (exact) mass is 270 g/mol. The number of rotatable bonds is 3. The van der Waals surface area contributed by atoms with Crippen LogP contribution in [0.15, 0.2) is 42.5 Å². The Morgan fingerprint density at radius 1 is 1.00 bits per heavy atom. The van der Waals surface area contributed by atoms with Crippen molar-refractivity contribution >= 4 is 5.78 Å². The van der Waals surface area contributed by atoms with Crippen LogP contribution in [0.2, 0.25) is 0 Å². The van der Waals surface area contributed by atoms with Gasteiger partial charge in [-0.15, -0.1) is 0 Å². The second-order valence-corrected chi connectivity index (χ2v) is 4.48. The van der Waals surface area contributed by atoms with Crippen molar-refractivity contribution in [1.29, 1.82) is 0 Å². The van der Waals surface area contributed by atoms with Crippen molar-refractivity contribution in [3.63, 3.8) is 0 Å². The Hall–Kier alpha value is -2.49. The van der Waals surface area contributed by atoms with Crippen LogP contribution in [0, 0.1) is 0 Å². The molecule has 0 spiro atoms. The largest absolute Gasteiger partial charge is 0.493 e. The molecule has 0 aromatic heterocycles. The molecule has 3 rings (SSSR count). The van der Waals surface area contributed by atoms with Crippen molar-refractivity contribution in [2.24, 2.45) is 0 Å². The molecule has 1 aliphatic heterocycles. The summed E-state index contributed by atoms with van der Waals surface area (Å²) in [7, 11) is 3.09. The van der Waals surface area contributed by atoms with Crippen LogP contribution in [0.1, 0.15) is 22.0 Å². The minimum atomic E-state index is -0.594. The van der Waals surface area contributed by atoms with Gasteiger partial charge < -0.3 is 14.2 Å². The lowest BCUT2D eigenvalue weighted by Gasteiger charge is -2.10. The standard InChI is InChI=1S/C16H14O4/c1-18-13-8-11-12(9-14(13)19-2)20-16(15(11)17)10-6-4-3-5-7-10/h3-9,16H,1-2H3. The van der Waals surface area contributed by atoms with Crippen LogP contribution in [-0.4, -0.2) is 20.0 Å². The van der Waals surface area contributed by atoms with E-state index in [-0.39, 0.29) is 5.78 Å². The molecule has 1 unspecified atom stereocenters. The summed E-state index contributed by atoms with van der Waals surface area (Å²) in [6.07, 6.45) is -0.594. The molecular weight excluding hydrogens is 256 g/mol. The molecule has 2 aromatic carbocycles. The molecule has 0 aliphatic carbocycles. The number of methoxy groups -OCH3 is 2. The summed E-state index contributed by atoms with van der Waals surface area (Å²) >= 11 is 0. The van der Waals surface area contributed by atoms with Crippen molar-refractivity contribution < 1.29 is 19.0 Å². The lowest BCUT2D eigenvalue weighted by molar-refractivity contribution is 0.0858. The van der Waals surface area contributed by atoms with Crippen molar-refractivity contribution in [3.8, 4) is 17.2 Å². The number of ketones is 1. The maximum atomic E-state index is 12.4. The van der Waals surface area contributed by atoms with Gasteiger partial charge in [-0.1, -0.05) is 30.3 Å². The lowest BCUT2D eigenvalue weighted by atomic mass is 10.0. The Kier molecular flexibility index (Phi) is 3.06. The third-order valence-electron chi connectivity index (χ3n) is 3.34. The first-order valence-electron chi connectivity index (χ1n) is 6.26. The van der Waals surface area contributed by atoms with Crippen molar-refractivity contribution in [2.75, 3.05) is 14.2 Å². The maximum Gasteiger partial charge on any atom is 0.211 e. The fraction of sp³-hybridized carbons (Fsp3) is 0.188. The molecule has 1 aliphatic rings. The average molecular weight is 270 g/mol. The smallest absolute Gasteiger partial charge is 0.211 e. The zero-order valence-corrected chi connectivity index (χ0v) is 11.3. The highest BCUT2D eigenvalue weighted by atomic mass is 16.5. The molecule has 0 amide bonds. The van der Waals surface area contributed by atoms with Crippen molar-refractivity contribution in [1.82, 2.24) is 0 Å². The second kappa shape index (κ2) is 4.89. The fourth-order valence-electron chi connectivity index (χ4n) is 2.32. The molecule has 4 nitrogen and oxygen atoms in total. The van der Waals surface area contributed by atoms with Gasteiger partial charge in [-0.05, 0) is 6.07 Å². The third-order valence-corrected chi connectivity index (χ3v) is 3.34. The summed E-state index contributed by atoms with van der Waals surface area (Å²) in [6, 6.07) is 12.8. The Bertz CT molecular complexity index is 649. The first kappa shape index (κ1) is 12.5. The predicted molar refractivity (Wildman–Crippen MR) is 73.7 cm³/mol. The molecular formula is C16H14O4. The van der Waals surface area contributed by atoms with Crippen LogP contribution in [0.3, 0.4) is 0 Å². The van der Waals surface area contributed by atoms with Gasteiger partial charge in [0.1, 0.15) is 5.75 Å². The van der Waals surface area contributed by atoms with Gasteiger partial charge in [0.05, 0.1) is 19.8 Å². The van der Waals surface area contributed by atoms with E-state index in [9.17, 15) is 4.79 Å². The van der Waals surface area contributed by atoms with Gasteiger partial charge in [-0.25, -0.2) is 0 Å². The molecule has 0 fully saturated rings. The Labute approximate surface area is 116 Å². The van der Waals surface area contributed by atoms with Gasteiger partial charge in [0.2, 0.25) is 5.78 Å². The Morgan fingerprint density at radius 2 is 1.65 bits per heavy atom. The van der Waals surface area contributed by atoms with E-state index >= 15 is 0 Å². The SMILES string of the molecule is COc1cc2c(cc1OC)C(=O)C(c1ccccc1)O2. The molecule has 4 heteroatoms. The van der Waals surface area contributed by atoms with E-state index < -0.39 is 6.10 Å². The maximum absolute atomic E-state index is 12.4. The molecule has 0 bridgehead atoms. The van der Waals surface area contributed by atoms with Gasteiger partial charge in [0.25, 0.3) is 0 Å². The number of carbonyl (C=O) groups excluding carboxylic acids is 1. The summed E-state index contributed by atoms with van der Waals surface area (Å²) in [5.41, 5.74) is 1.36. The van der Waals surface area contributed by atoms with E-state index in [4.69, 9.17) is 14.2 Å². The average Bonchev–Trinajstić information content (AvgIpc) is 2.83. The van der Waals surface area contributed by atoms with E-state index in [1.807, 2.05) is 30.3 Å². The number of hydrogen-bond donors (Lipinski definition) is 0. The Balaban J connectivity index is 2.02. The third kappa shape index (κ3) is 1.90. The second-order valence-electron chi connectivity index (χ2n) is 4.48. The summed E-state index contributed by atoms with van der Waals surface area (Å²) in [6.45, 7) is 0. The van der Waals surface area contributed by atoms with E-state index in [0.717, 1.165) is 5.56 Å². The topological polar surface area (TPSA) is 44.8 Å². The van der Waals surface area contributed by atoms with E-state index in [1.165, 1.54) is 0 Å². The molecule has 0 saturated carbocycles. The number of Topliss-reactive ketones (excluding diaryl/α,β-unsaturated/α-hetero) is 1. The number of benzene rings is 2. The minimum absolute atomic E-state index is 0.0628. The lowest BCUT2D eigenvalue weighted by Crippen LogP contribution is -2.10. The molecule has 2 aromatic rings. The molecule has 0 radical (unpaired) electrons. The van der Waals surface area contributed by atoms with Crippen LogP contribution in [-0.2, 0) is 0 Å². The zero-order valence-electron chi connectivity index (χ0n) is 11.3. The molecule has 0 saturated heterocycles. The first-order chi connectivity index (χ1) is 9.74. The van der Waals surface area contributed by atoms with Gasteiger partial charge in [0.15, 0.2) is 17.6 Å². The number of ether oxygens (including phenoxy) is 3. The molecule has 0 N–H and O–H groups in total. The molecule has 102 valence electrons. The van der Waals surface area contributed by atoms with Crippen molar-refractivity contribution in [2.45, 2.75) is 6.10 Å². The highest BCUT2D eigenvalue weighted by Gasteiger charge is 2.35. The normalized spacial score (nSPS) is 16.5. The van der Waals surface area contributed by atoms with Crippen LogP contribution < -0.4 is 14.2 Å². The van der Waals surface area contributed by atoms with Crippen LogP contribution in [0.25, 0.3) is 0 Å². The van der Waals surface area contributed by atoms with Crippen LogP contribution in [0.4, 0.5) is 0 Å². The first-order valence-corrected chi connectivity index (χ1v) is 6.26. The number of hydrogen-bond acceptors (Lipinski definition) is 4. The fourth-order valence-corrected chi connectivity index (χ4v) is 2.32. The summed E-state index contributed by atoms with van der Waals surface area (Å²) in [5.74, 6) is 1.54. The highest BCUT2D eigenvalue weighted by molar-refractivity contribution is 6.05. The van der Waals surface area contributed by atoms with Gasteiger partial charge in [0, 0.05) is 11.6 Å². The quantitative estimate of drug-likeness (QED) is 0.860. The van der Waals surface area contributed by atoms with Crippen LogP contribution in [0.5, 0.6) is 17.2 Å². The van der Waals surface area contributed by atoms with Gasteiger partial charge in [-0.2, -0.15) is 0 Å². The predicted octanol–water partition coefficient (Wildman–Crippen LogP) is 3.02. The zero-order chi connectivity index (χ0) is 14.1. The van der Waals surface area contributed by atoms with Crippen LogP contribution >= 0.6 is 0 Å². The molecule has 1 heterocycles. The highest BCUT2D eigenvalue weighted by Crippen LogP contribution is 2.42. The summed E-state index contributed by atoms with van der Waals surface area (Å²) in [4.78, 5) is 12.4. The summed E-state index contributed by atoms with van der Waals surface area (Å²) in [5, 5.41) is 0. The number of fused-ring (bicyclic) bond motifs is 1. The minimum Gasteiger partial charge on any atom is -0.493 e. The summed E-state index contributed by atoms with van der Waals surface area (Å²) < 4.78 is 16.2. The molecule has 1 atom stereocenters. The van der Waals surface area contributed by atoms with Gasteiger partial charge in [-0.3, -0.25) is 4.79 Å². The van der Waals surface area contributed by atoms with Crippen molar-refractivity contribution in [3.05, 3.63) is 53.6 Å². The Morgan fingerprint density at radius 3 is 2.30 bits per heavy atom. The van der Waals surface area contributed by atoms with E-state index in [2.05, 4.69) is 0 Å². The van der Waals surface area contributed by atoms with E-state index in [1.54, 1.807) is 26.4 Å².